The van der Waals surface area contributed by atoms with Gasteiger partial charge in [0.1, 0.15) is 0 Å². The van der Waals surface area contributed by atoms with E-state index in [4.69, 9.17) is 0 Å². The summed E-state index contributed by atoms with van der Waals surface area (Å²) >= 11 is 0. The van der Waals surface area contributed by atoms with E-state index >= 15 is 0 Å². The highest BCUT2D eigenvalue weighted by Gasteiger charge is 2.24. The average molecular weight is 242 g/mol. The Morgan fingerprint density at radius 3 is 3.06 bits per heavy atom. The number of H-pyrrole nitrogens is 1. The highest BCUT2D eigenvalue weighted by molar-refractivity contribution is 5.15. The fraction of sp³-hybridized carbons (Fsp3) is 0.429. The van der Waals surface area contributed by atoms with Crippen molar-refractivity contribution in [3.05, 3.63) is 48.0 Å². The Balaban J connectivity index is 1.78. The number of nitrogens with zero attached hydrogens (tertiary/aromatic N) is 3. The highest BCUT2D eigenvalue weighted by atomic mass is 15.2. The van der Waals surface area contributed by atoms with Crippen LogP contribution in [0.3, 0.4) is 0 Å². The molecule has 1 atom stereocenters. The van der Waals surface area contributed by atoms with E-state index < -0.39 is 0 Å². The van der Waals surface area contributed by atoms with Crippen LogP contribution in [0.25, 0.3) is 0 Å². The van der Waals surface area contributed by atoms with E-state index in [1.807, 2.05) is 24.7 Å². The molecule has 4 nitrogen and oxygen atoms in total. The largest absolute Gasteiger partial charge is 0.290 e. The van der Waals surface area contributed by atoms with Gasteiger partial charge in [-0.1, -0.05) is 12.5 Å². The normalized spacial score (nSPS) is 21.0. The van der Waals surface area contributed by atoms with Gasteiger partial charge in [0.2, 0.25) is 0 Å². The lowest BCUT2D eigenvalue weighted by Gasteiger charge is -2.35. The van der Waals surface area contributed by atoms with Crippen molar-refractivity contribution < 1.29 is 0 Å². The second-order valence-electron chi connectivity index (χ2n) is 4.85. The van der Waals surface area contributed by atoms with E-state index in [0.29, 0.717) is 6.04 Å². The number of nitrogens with one attached hydrogen (secondary N) is 1. The van der Waals surface area contributed by atoms with Gasteiger partial charge in [-0.3, -0.25) is 15.0 Å². The van der Waals surface area contributed by atoms with Gasteiger partial charge in [-0.2, -0.15) is 5.10 Å². The number of aromatic nitrogens is 3. The number of pyridine rings is 1. The minimum absolute atomic E-state index is 0.496. The summed E-state index contributed by atoms with van der Waals surface area (Å²) in [6.45, 7) is 2.10. The molecule has 0 unspecified atom stereocenters. The summed E-state index contributed by atoms with van der Waals surface area (Å²) in [7, 11) is 0. The first-order chi connectivity index (χ1) is 8.93. The second-order valence-corrected chi connectivity index (χ2v) is 4.85. The minimum Gasteiger partial charge on any atom is -0.290 e. The summed E-state index contributed by atoms with van der Waals surface area (Å²) < 4.78 is 0. The number of rotatable bonds is 3. The summed E-state index contributed by atoms with van der Waals surface area (Å²) in [6.07, 6.45) is 9.46. The molecule has 0 bridgehead atoms. The summed E-state index contributed by atoms with van der Waals surface area (Å²) in [5, 5.41) is 7.07. The molecule has 2 aromatic heterocycles. The molecule has 3 heterocycles. The van der Waals surface area contributed by atoms with Gasteiger partial charge in [-0.15, -0.1) is 0 Å². The Labute approximate surface area is 107 Å². The Kier molecular flexibility index (Phi) is 3.37. The predicted molar refractivity (Wildman–Crippen MR) is 69.8 cm³/mol. The number of piperidine rings is 1. The summed E-state index contributed by atoms with van der Waals surface area (Å²) in [6, 6.07) is 6.76. The standard InChI is InChI=1S/C14H18N4/c1-2-9-18(11-13-6-8-16-17-13)14(5-1)12-4-3-7-15-10-12/h3-4,6-8,10,14H,1-2,5,9,11H2,(H,16,17)/t14-/m1/s1. The van der Waals surface area contributed by atoms with Crippen molar-refractivity contribution in [3.8, 4) is 0 Å². The zero-order chi connectivity index (χ0) is 12.2. The van der Waals surface area contributed by atoms with E-state index in [0.717, 1.165) is 13.1 Å². The molecule has 0 aromatic carbocycles. The number of likely N-dealkylation sites (tertiary alicyclic amines) is 1. The van der Waals surface area contributed by atoms with Crippen LogP contribution in [0.5, 0.6) is 0 Å². The van der Waals surface area contributed by atoms with Crippen molar-refractivity contribution in [1.29, 1.82) is 0 Å². The molecule has 1 N–H and O–H groups in total. The van der Waals surface area contributed by atoms with Crippen molar-refractivity contribution >= 4 is 0 Å². The van der Waals surface area contributed by atoms with Crippen LogP contribution in [0, 0.1) is 0 Å². The molecule has 0 spiro atoms. The van der Waals surface area contributed by atoms with Gasteiger partial charge in [0.05, 0.1) is 0 Å². The van der Waals surface area contributed by atoms with Gasteiger partial charge < -0.3 is 0 Å². The van der Waals surface area contributed by atoms with Crippen LogP contribution < -0.4 is 0 Å². The first kappa shape index (κ1) is 11.4. The van der Waals surface area contributed by atoms with Gasteiger partial charge in [0, 0.05) is 36.9 Å². The molecule has 18 heavy (non-hydrogen) atoms. The van der Waals surface area contributed by atoms with Crippen LogP contribution >= 0.6 is 0 Å². The van der Waals surface area contributed by atoms with Crippen LogP contribution in [-0.2, 0) is 6.54 Å². The van der Waals surface area contributed by atoms with Crippen LogP contribution in [0.4, 0.5) is 0 Å². The monoisotopic (exact) mass is 242 g/mol. The fourth-order valence-corrected chi connectivity index (χ4v) is 2.72. The Bertz CT molecular complexity index is 466. The maximum Gasteiger partial charge on any atom is 0.0492 e. The van der Waals surface area contributed by atoms with Gasteiger partial charge in [0.15, 0.2) is 0 Å². The Morgan fingerprint density at radius 1 is 1.28 bits per heavy atom. The SMILES string of the molecule is c1cncc([C@H]2CCCCN2Cc2ccn[nH]2)c1. The van der Waals surface area contributed by atoms with Crippen LogP contribution in [-0.4, -0.2) is 26.6 Å². The van der Waals surface area contributed by atoms with E-state index in [9.17, 15) is 0 Å². The van der Waals surface area contributed by atoms with Gasteiger partial charge in [-0.05, 0) is 37.1 Å². The smallest absolute Gasteiger partial charge is 0.0492 e. The molecule has 1 aliphatic rings. The van der Waals surface area contributed by atoms with E-state index in [2.05, 4.69) is 32.2 Å². The van der Waals surface area contributed by atoms with E-state index in [-0.39, 0.29) is 0 Å². The zero-order valence-corrected chi connectivity index (χ0v) is 10.4. The number of hydrogen-bond acceptors (Lipinski definition) is 3. The van der Waals surface area contributed by atoms with Crippen LogP contribution in [0.2, 0.25) is 0 Å². The van der Waals surface area contributed by atoms with Gasteiger partial charge in [-0.25, -0.2) is 0 Å². The van der Waals surface area contributed by atoms with Crippen molar-refractivity contribution in [2.24, 2.45) is 0 Å². The molecular formula is C14H18N4. The first-order valence-corrected chi connectivity index (χ1v) is 6.56. The third kappa shape index (κ3) is 2.43. The van der Waals surface area contributed by atoms with E-state index in [1.54, 1.807) is 0 Å². The van der Waals surface area contributed by atoms with Crippen molar-refractivity contribution in [1.82, 2.24) is 20.1 Å². The summed E-state index contributed by atoms with van der Waals surface area (Å²) in [5.41, 5.74) is 2.52. The molecule has 4 heteroatoms. The van der Waals surface area contributed by atoms with Gasteiger partial charge >= 0.3 is 0 Å². The second kappa shape index (κ2) is 5.31. The third-order valence-electron chi connectivity index (χ3n) is 3.61. The Morgan fingerprint density at radius 2 is 2.28 bits per heavy atom. The molecule has 0 radical (unpaired) electrons. The molecule has 0 saturated carbocycles. The van der Waals surface area contributed by atoms with Crippen LogP contribution in [0.15, 0.2) is 36.8 Å². The predicted octanol–water partition coefficient (Wildman–Crippen LogP) is 2.53. The number of aromatic amines is 1. The lowest BCUT2D eigenvalue weighted by atomic mass is 9.96. The zero-order valence-electron chi connectivity index (χ0n) is 10.4. The molecule has 1 saturated heterocycles. The quantitative estimate of drug-likeness (QED) is 0.899. The maximum absolute atomic E-state index is 4.24. The highest BCUT2D eigenvalue weighted by Crippen LogP contribution is 2.31. The molecule has 3 rings (SSSR count). The molecule has 1 fully saturated rings. The number of hydrogen-bond donors (Lipinski definition) is 1. The molecule has 0 amide bonds. The van der Waals surface area contributed by atoms with Gasteiger partial charge in [0.25, 0.3) is 0 Å². The van der Waals surface area contributed by atoms with Crippen LogP contribution in [0.1, 0.15) is 36.6 Å². The molecule has 1 aliphatic heterocycles. The maximum atomic E-state index is 4.24. The van der Waals surface area contributed by atoms with Crippen molar-refractivity contribution in [3.63, 3.8) is 0 Å². The third-order valence-corrected chi connectivity index (χ3v) is 3.61. The Hall–Kier alpha value is -1.68. The van der Waals surface area contributed by atoms with Crippen molar-refractivity contribution in [2.45, 2.75) is 31.8 Å². The summed E-state index contributed by atoms with van der Waals surface area (Å²) in [5.74, 6) is 0. The van der Waals surface area contributed by atoms with Crippen molar-refractivity contribution in [2.75, 3.05) is 6.54 Å². The molecule has 94 valence electrons. The molecular weight excluding hydrogens is 224 g/mol. The summed E-state index contributed by atoms with van der Waals surface area (Å²) in [4.78, 5) is 6.77. The fourth-order valence-electron chi connectivity index (χ4n) is 2.72. The lowest BCUT2D eigenvalue weighted by Crippen LogP contribution is -2.33. The lowest BCUT2D eigenvalue weighted by molar-refractivity contribution is 0.138. The minimum atomic E-state index is 0.496. The average Bonchev–Trinajstić information content (AvgIpc) is 2.93. The molecule has 0 aliphatic carbocycles. The van der Waals surface area contributed by atoms with E-state index in [1.165, 1.54) is 30.5 Å². The topological polar surface area (TPSA) is 44.8 Å². The first-order valence-electron chi connectivity index (χ1n) is 6.56. The molecule has 2 aromatic rings.